The van der Waals surface area contributed by atoms with Crippen molar-refractivity contribution in [3.63, 3.8) is 0 Å². The first kappa shape index (κ1) is 15.3. The van der Waals surface area contributed by atoms with E-state index in [1.807, 2.05) is 6.07 Å². The average Bonchev–Trinajstić information content (AvgIpc) is 2.49. The average molecular weight is 287 g/mol. The molecule has 0 heterocycles. The van der Waals surface area contributed by atoms with Crippen LogP contribution in [0.4, 0.5) is 11.4 Å². The fraction of sp³-hybridized carbons (Fsp3) is 0.562. The molecule has 1 fully saturated rings. The highest BCUT2D eigenvalue weighted by Gasteiger charge is 2.24. The lowest BCUT2D eigenvalue weighted by Crippen LogP contribution is -2.26. The van der Waals surface area contributed by atoms with E-state index < -0.39 is 4.92 Å². The van der Waals surface area contributed by atoms with Crippen LogP contribution in [0.2, 0.25) is 0 Å². The van der Waals surface area contributed by atoms with Crippen molar-refractivity contribution >= 4 is 11.4 Å². The number of hydrogen-bond donors (Lipinski definition) is 1. The van der Waals surface area contributed by atoms with E-state index in [2.05, 4.69) is 12.2 Å². The molecule has 2 rings (SSSR count). The van der Waals surface area contributed by atoms with Gasteiger partial charge in [0.2, 0.25) is 0 Å². The number of rotatable bonds is 5. The number of benzene rings is 1. The SMILES string of the molecule is CCCC1CCC(Nc2cccc(C#N)c2[N+](=O)[O-])CC1. The Balaban J connectivity index is 2.07. The third-order valence-corrected chi connectivity index (χ3v) is 4.24. The predicted molar refractivity (Wildman–Crippen MR) is 82.1 cm³/mol. The van der Waals surface area contributed by atoms with Crippen molar-refractivity contribution in [1.82, 2.24) is 0 Å². The van der Waals surface area contributed by atoms with Crippen molar-refractivity contribution in [3.05, 3.63) is 33.9 Å². The Morgan fingerprint density at radius 1 is 1.38 bits per heavy atom. The third-order valence-electron chi connectivity index (χ3n) is 4.24. The number of anilines is 1. The van der Waals surface area contributed by atoms with Crippen molar-refractivity contribution in [1.29, 1.82) is 5.26 Å². The van der Waals surface area contributed by atoms with Crippen molar-refractivity contribution in [2.45, 2.75) is 51.5 Å². The lowest BCUT2D eigenvalue weighted by molar-refractivity contribution is -0.384. The molecule has 1 saturated carbocycles. The summed E-state index contributed by atoms with van der Waals surface area (Å²) < 4.78 is 0. The molecule has 0 aliphatic heterocycles. The van der Waals surface area contributed by atoms with Crippen LogP contribution >= 0.6 is 0 Å². The molecule has 0 amide bonds. The van der Waals surface area contributed by atoms with E-state index >= 15 is 0 Å². The zero-order chi connectivity index (χ0) is 15.2. The summed E-state index contributed by atoms with van der Waals surface area (Å²) in [5.74, 6) is 0.800. The van der Waals surface area contributed by atoms with Gasteiger partial charge in [-0.3, -0.25) is 10.1 Å². The molecule has 0 atom stereocenters. The van der Waals surface area contributed by atoms with Gasteiger partial charge in [0.25, 0.3) is 0 Å². The number of para-hydroxylation sites is 1. The lowest BCUT2D eigenvalue weighted by atomic mass is 9.83. The number of nitro benzene ring substituents is 1. The van der Waals surface area contributed by atoms with Crippen LogP contribution in [-0.2, 0) is 0 Å². The Labute approximate surface area is 125 Å². The van der Waals surface area contributed by atoms with E-state index in [1.54, 1.807) is 12.1 Å². The van der Waals surface area contributed by atoms with E-state index in [9.17, 15) is 10.1 Å². The second-order valence-corrected chi connectivity index (χ2v) is 5.72. The number of hydrogen-bond acceptors (Lipinski definition) is 4. The summed E-state index contributed by atoms with van der Waals surface area (Å²) in [5.41, 5.74) is 0.485. The maximum atomic E-state index is 11.2. The first-order valence-electron chi connectivity index (χ1n) is 7.59. The van der Waals surface area contributed by atoms with Gasteiger partial charge in [0.05, 0.1) is 4.92 Å². The van der Waals surface area contributed by atoms with Crippen LogP contribution in [0.5, 0.6) is 0 Å². The van der Waals surface area contributed by atoms with Gasteiger partial charge in [-0.1, -0.05) is 25.8 Å². The number of nitro groups is 1. The Kier molecular flexibility index (Phi) is 5.15. The molecule has 5 nitrogen and oxygen atoms in total. The molecule has 5 heteroatoms. The van der Waals surface area contributed by atoms with Gasteiger partial charge in [0.1, 0.15) is 17.3 Å². The van der Waals surface area contributed by atoms with Crippen molar-refractivity contribution in [2.75, 3.05) is 5.32 Å². The Bertz CT molecular complexity index is 543. The van der Waals surface area contributed by atoms with E-state index in [1.165, 1.54) is 31.7 Å². The van der Waals surface area contributed by atoms with Gasteiger partial charge in [0.15, 0.2) is 0 Å². The summed E-state index contributed by atoms with van der Waals surface area (Å²) in [7, 11) is 0. The molecule has 0 saturated heterocycles. The van der Waals surface area contributed by atoms with Crippen LogP contribution < -0.4 is 5.32 Å². The van der Waals surface area contributed by atoms with Gasteiger partial charge in [-0.15, -0.1) is 0 Å². The van der Waals surface area contributed by atoms with Gasteiger partial charge in [-0.25, -0.2) is 0 Å². The highest BCUT2D eigenvalue weighted by Crippen LogP contribution is 2.33. The third kappa shape index (κ3) is 3.72. The van der Waals surface area contributed by atoms with Gasteiger partial charge in [-0.05, 0) is 43.7 Å². The second-order valence-electron chi connectivity index (χ2n) is 5.72. The predicted octanol–water partition coefficient (Wildman–Crippen LogP) is 4.24. The summed E-state index contributed by atoms with van der Waals surface area (Å²) in [4.78, 5) is 10.7. The summed E-state index contributed by atoms with van der Waals surface area (Å²) in [6.45, 7) is 2.21. The quantitative estimate of drug-likeness (QED) is 0.649. The Hall–Kier alpha value is -2.09. The molecule has 112 valence electrons. The summed E-state index contributed by atoms with van der Waals surface area (Å²) >= 11 is 0. The van der Waals surface area contributed by atoms with Gasteiger partial charge in [0, 0.05) is 6.04 Å². The number of nitrogens with one attached hydrogen (secondary N) is 1. The molecule has 0 unspecified atom stereocenters. The van der Waals surface area contributed by atoms with Crippen molar-refractivity contribution in [3.8, 4) is 6.07 Å². The summed E-state index contributed by atoms with van der Waals surface area (Å²) in [6.07, 6.45) is 6.93. The van der Waals surface area contributed by atoms with Crippen LogP contribution in [0.1, 0.15) is 51.0 Å². The van der Waals surface area contributed by atoms with Crippen LogP contribution in [0, 0.1) is 27.4 Å². The topological polar surface area (TPSA) is 79.0 Å². The van der Waals surface area contributed by atoms with Crippen LogP contribution in [-0.4, -0.2) is 11.0 Å². The zero-order valence-corrected chi connectivity index (χ0v) is 12.3. The monoisotopic (exact) mass is 287 g/mol. The van der Waals surface area contributed by atoms with Crippen LogP contribution in [0.3, 0.4) is 0 Å². The summed E-state index contributed by atoms with van der Waals surface area (Å²) in [5, 5.41) is 23.5. The highest BCUT2D eigenvalue weighted by molar-refractivity contribution is 5.68. The fourth-order valence-electron chi connectivity index (χ4n) is 3.17. The van der Waals surface area contributed by atoms with E-state index in [4.69, 9.17) is 5.26 Å². The smallest absolute Gasteiger partial charge is 0.309 e. The van der Waals surface area contributed by atoms with Crippen molar-refractivity contribution in [2.24, 2.45) is 5.92 Å². The highest BCUT2D eigenvalue weighted by atomic mass is 16.6. The maximum absolute atomic E-state index is 11.2. The molecule has 0 aromatic heterocycles. The van der Waals surface area contributed by atoms with Crippen LogP contribution in [0.15, 0.2) is 18.2 Å². The maximum Gasteiger partial charge on any atom is 0.309 e. The number of nitrogens with zero attached hydrogens (tertiary/aromatic N) is 2. The zero-order valence-electron chi connectivity index (χ0n) is 12.3. The normalized spacial score (nSPS) is 21.5. The minimum Gasteiger partial charge on any atom is -0.377 e. The standard InChI is InChI=1S/C16H21N3O2/c1-2-4-12-7-9-14(10-8-12)18-15-6-3-5-13(11-17)16(15)19(20)21/h3,5-6,12,14,18H,2,4,7-10H2,1H3. The largest absolute Gasteiger partial charge is 0.377 e. The molecule has 0 bridgehead atoms. The molecule has 1 N–H and O–H groups in total. The minimum atomic E-state index is -0.469. The first-order chi connectivity index (χ1) is 10.2. The van der Waals surface area contributed by atoms with E-state index in [-0.39, 0.29) is 17.3 Å². The van der Waals surface area contributed by atoms with Crippen LogP contribution in [0.25, 0.3) is 0 Å². The van der Waals surface area contributed by atoms with E-state index in [0.29, 0.717) is 5.69 Å². The molecular weight excluding hydrogens is 266 g/mol. The molecule has 0 radical (unpaired) electrons. The molecule has 21 heavy (non-hydrogen) atoms. The van der Waals surface area contributed by atoms with Gasteiger partial charge < -0.3 is 5.32 Å². The van der Waals surface area contributed by atoms with Gasteiger partial charge in [-0.2, -0.15) is 5.26 Å². The molecule has 1 aliphatic carbocycles. The fourth-order valence-corrected chi connectivity index (χ4v) is 3.17. The second kappa shape index (κ2) is 7.07. The minimum absolute atomic E-state index is 0.101. The van der Waals surface area contributed by atoms with E-state index in [0.717, 1.165) is 18.8 Å². The molecular formula is C16H21N3O2. The molecule has 1 aliphatic rings. The van der Waals surface area contributed by atoms with Gasteiger partial charge >= 0.3 is 5.69 Å². The molecule has 1 aromatic rings. The number of nitriles is 1. The summed E-state index contributed by atoms with van der Waals surface area (Å²) in [6, 6.07) is 7.04. The lowest BCUT2D eigenvalue weighted by Gasteiger charge is -2.29. The Morgan fingerprint density at radius 3 is 2.67 bits per heavy atom. The van der Waals surface area contributed by atoms with Crippen molar-refractivity contribution < 1.29 is 4.92 Å². The molecule has 1 aromatic carbocycles. The Morgan fingerprint density at radius 2 is 2.10 bits per heavy atom. The first-order valence-corrected chi connectivity index (χ1v) is 7.59. The molecule has 0 spiro atoms.